The van der Waals surface area contributed by atoms with Gasteiger partial charge in [-0.25, -0.2) is 4.79 Å². The molecule has 0 aliphatic carbocycles. The van der Waals surface area contributed by atoms with Crippen molar-refractivity contribution in [2.45, 2.75) is 0 Å². The Hall–Kier alpha value is -2.20. The van der Waals surface area contributed by atoms with E-state index in [9.17, 15) is 14.4 Å². The number of hydrogen-bond donors (Lipinski definition) is 2. The molecule has 0 spiro atoms. The van der Waals surface area contributed by atoms with Gasteiger partial charge in [-0.15, -0.1) is 0 Å². The topological polar surface area (TPSA) is 88.4 Å². The van der Waals surface area contributed by atoms with E-state index in [0.717, 1.165) is 8.04 Å². The average molecular weight is 513 g/mol. The summed E-state index contributed by atoms with van der Waals surface area (Å²) in [6.07, 6.45) is 0. The van der Waals surface area contributed by atoms with Crippen LogP contribution in [0.1, 0.15) is 20.7 Å². The van der Waals surface area contributed by atoms with Crippen LogP contribution in [0.2, 0.25) is 0 Å². The summed E-state index contributed by atoms with van der Waals surface area (Å²) >= 11 is 5.34. The highest BCUT2D eigenvalue weighted by Crippen LogP contribution is 2.19. The fourth-order valence-electron chi connectivity index (χ4n) is 2.15. The van der Waals surface area contributed by atoms with Crippen molar-refractivity contribution in [2.75, 3.05) is 0 Å². The lowest BCUT2D eigenvalue weighted by Gasteiger charge is -2.08. The van der Waals surface area contributed by atoms with Crippen LogP contribution in [-0.2, 0) is 0 Å². The van der Waals surface area contributed by atoms with Gasteiger partial charge in [0.05, 0.1) is 5.56 Å². The molecule has 3 aromatic rings. The van der Waals surface area contributed by atoms with Crippen LogP contribution in [0.4, 0.5) is 0 Å². The molecule has 0 saturated heterocycles. The number of carbonyl (C=O) groups is 2. The largest absolute Gasteiger partial charge is 0.422 e. The van der Waals surface area contributed by atoms with Crippen LogP contribution < -0.4 is 16.5 Å². The van der Waals surface area contributed by atoms with E-state index < -0.39 is 17.4 Å². The number of fused-ring (bicyclic) bond motifs is 1. The lowest BCUT2D eigenvalue weighted by atomic mass is 10.2. The number of carbonyl (C=O) groups excluding carboxylic acids is 2. The zero-order valence-corrected chi connectivity index (χ0v) is 16.3. The van der Waals surface area contributed by atoms with E-state index in [1.807, 2.05) is 22.6 Å². The number of hydrazine groups is 1. The quantitative estimate of drug-likeness (QED) is 0.313. The molecule has 25 heavy (non-hydrogen) atoms. The summed E-state index contributed by atoms with van der Waals surface area (Å²) in [7, 11) is 0. The van der Waals surface area contributed by atoms with Crippen LogP contribution in [0.25, 0.3) is 11.0 Å². The van der Waals surface area contributed by atoms with Gasteiger partial charge in [0.2, 0.25) is 0 Å². The Balaban J connectivity index is 1.80. The van der Waals surface area contributed by atoms with Crippen molar-refractivity contribution in [3.05, 3.63) is 78.1 Å². The zero-order chi connectivity index (χ0) is 18.0. The fraction of sp³-hybridized carbons (Fsp3) is 0. The first-order chi connectivity index (χ1) is 12.0. The Morgan fingerprint density at radius 3 is 2.36 bits per heavy atom. The first-order valence-corrected chi connectivity index (χ1v) is 8.91. The monoisotopic (exact) mass is 512 g/mol. The average Bonchev–Trinajstić information content (AvgIpc) is 2.59. The number of nitrogens with one attached hydrogen (secondary N) is 2. The molecule has 0 fully saturated rings. The Labute approximate surface area is 163 Å². The molecule has 2 amide bonds. The van der Waals surface area contributed by atoms with Crippen LogP contribution in [0.3, 0.4) is 0 Å². The minimum absolute atomic E-state index is 0.200. The molecule has 0 bridgehead atoms. The Morgan fingerprint density at radius 1 is 0.960 bits per heavy atom. The van der Waals surface area contributed by atoms with Gasteiger partial charge in [0.1, 0.15) is 11.1 Å². The molecule has 0 atom stereocenters. The SMILES string of the molecule is O=C(NNC(=O)c1cc2cc(Br)ccc2oc1=O)c1ccccc1I. The molecule has 1 aromatic heterocycles. The van der Waals surface area contributed by atoms with E-state index in [0.29, 0.717) is 16.5 Å². The Morgan fingerprint density at radius 2 is 1.64 bits per heavy atom. The maximum atomic E-state index is 12.2. The van der Waals surface area contributed by atoms with E-state index in [-0.39, 0.29) is 5.56 Å². The van der Waals surface area contributed by atoms with Gasteiger partial charge < -0.3 is 4.42 Å². The van der Waals surface area contributed by atoms with E-state index >= 15 is 0 Å². The maximum Gasteiger partial charge on any atom is 0.349 e. The second-order valence-electron chi connectivity index (χ2n) is 5.02. The van der Waals surface area contributed by atoms with Crippen LogP contribution in [0, 0.1) is 3.57 Å². The van der Waals surface area contributed by atoms with Crippen LogP contribution >= 0.6 is 38.5 Å². The molecule has 2 N–H and O–H groups in total. The summed E-state index contributed by atoms with van der Waals surface area (Å²) in [6.45, 7) is 0. The van der Waals surface area contributed by atoms with Crippen LogP contribution in [0.15, 0.2) is 62.2 Å². The molecule has 126 valence electrons. The van der Waals surface area contributed by atoms with Gasteiger partial charge in [-0.3, -0.25) is 20.4 Å². The zero-order valence-electron chi connectivity index (χ0n) is 12.5. The maximum absolute atomic E-state index is 12.2. The molecule has 0 unspecified atom stereocenters. The summed E-state index contributed by atoms with van der Waals surface area (Å²) in [4.78, 5) is 36.3. The highest BCUT2D eigenvalue weighted by molar-refractivity contribution is 14.1. The van der Waals surface area contributed by atoms with Crippen molar-refractivity contribution in [1.29, 1.82) is 0 Å². The van der Waals surface area contributed by atoms with Gasteiger partial charge in [-0.1, -0.05) is 28.1 Å². The molecule has 3 rings (SSSR count). The third-order valence-corrected chi connectivity index (χ3v) is 4.78. The van der Waals surface area contributed by atoms with E-state index in [1.54, 1.807) is 42.5 Å². The van der Waals surface area contributed by atoms with Gasteiger partial charge in [-0.2, -0.15) is 0 Å². The minimum Gasteiger partial charge on any atom is -0.422 e. The Bertz CT molecular complexity index is 1050. The molecular weight excluding hydrogens is 503 g/mol. The van der Waals surface area contributed by atoms with Crippen molar-refractivity contribution >= 4 is 61.3 Å². The van der Waals surface area contributed by atoms with Crippen molar-refractivity contribution in [3.63, 3.8) is 0 Å². The summed E-state index contributed by atoms with van der Waals surface area (Å²) in [5.41, 5.74) is 4.32. The second-order valence-corrected chi connectivity index (χ2v) is 7.10. The fourth-order valence-corrected chi connectivity index (χ4v) is 3.16. The van der Waals surface area contributed by atoms with Gasteiger partial charge in [0, 0.05) is 13.4 Å². The number of rotatable bonds is 2. The summed E-state index contributed by atoms with van der Waals surface area (Å²) < 4.78 is 6.65. The molecule has 0 saturated carbocycles. The minimum atomic E-state index is -0.782. The summed E-state index contributed by atoms with van der Waals surface area (Å²) in [5, 5.41) is 0.586. The highest BCUT2D eigenvalue weighted by atomic mass is 127. The lowest BCUT2D eigenvalue weighted by Crippen LogP contribution is -2.43. The molecule has 0 aliphatic rings. The molecule has 6 nitrogen and oxygen atoms in total. The highest BCUT2D eigenvalue weighted by Gasteiger charge is 2.16. The van der Waals surface area contributed by atoms with Crippen molar-refractivity contribution in [1.82, 2.24) is 10.9 Å². The standard InChI is InChI=1S/C17H10BrIN2O4/c18-10-5-6-14-9(7-10)8-12(17(24)25-14)16(23)21-20-15(22)11-3-1-2-4-13(11)19/h1-8H,(H,20,22)(H,21,23). The van der Waals surface area contributed by atoms with E-state index in [4.69, 9.17) is 4.42 Å². The smallest absolute Gasteiger partial charge is 0.349 e. The molecular formula is C17H10BrIN2O4. The number of benzene rings is 2. The molecule has 2 aromatic carbocycles. The van der Waals surface area contributed by atoms with E-state index in [1.165, 1.54) is 6.07 Å². The van der Waals surface area contributed by atoms with Crippen molar-refractivity contribution < 1.29 is 14.0 Å². The van der Waals surface area contributed by atoms with Gasteiger partial charge in [-0.05, 0) is 59.0 Å². The van der Waals surface area contributed by atoms with Gasteiger partial charge >= 0.3 is 5.63 Å². The molecule has 8 heteroatoms. The Kier molecular flexibility index (Phi) is 5.19. The third kappa shape index (κ3) is 3.90. The number of amides is 2. The van der Waals surface area contributed by atoms with Crippen LogP contribution in [-0.4, -0.2) is 11.8 Å². The number of halogens is 2. The normalized spacial score (nSPS) is 10.5. The molecule has 0 aliphatic heterocycles. The predicted molar refractivity (Wildman–Crippen MR) is 104 cm³/mol. The lowest BCUT2D eigenvalue weighted by molar-refractivity contribution is 0.0844. The first kappa shape index (κ1) is 17.6. The van der Waals surface area contributed by atoms with Crippen LogP contribution in [0.5, 0.6) is 0 Å². The first-order valence-electron chi connectivity index (χ1n) is 7.04. The summed E-state index contributed by atoms with van der Waals surface area (Å²) in [5.74, 6) is -1.24. The second kappa shape index (κ2) is 7.36. The van der Waals surface area contributed by atoms with Crippen molar-refractivity contribution in [3.8, 4) is 0 Å². The van der Waals surface area contributed by atoms with Gasteiger partial charge in [0.25, 0.3) is 11.8 Å². The van der Waals surface area contributed by atoms with E-state index in [2.05, 4.69) is 26.8 Å². The molecule has 1 heterocycles. The third-order valence-electron chi connectivity index (χ3n) is 3.35. The predicted octanol–water partition coefficient (Wildman–Crippen LogP) is 3.23. The molecule has 0 radical (unpaired) electrons. The van der Waals surface area contributed by atoms with Crippen molar-refractivity contribution in [2.24, 2.45) is 0 Å². The van der Waals surface area contributed by atoms with Gasteiger partial charge in [0.15, 0.2) is 0 Å². The summed E-state index contributed by atoms with van der Waals surface area (Å²) in [6, 6.07) is 13.4. The number of hydrogen-bond acceptors (Lipinski definition) is 4.